The maximum atomic E-state index is 5.38. The maximum absolute atomic E-state index is 5.38. The molecule has 1 unspecified atom stereocenters. The van der Waals surface area contributed by atoms with E-state index in [-0.39, 0.29) is 0 Å². The first-order chi connectivity index (χ1) is 3.93. The van der Waals surface area contributed by atoms with E-state index < -0.39 is 0 Å². The molecule has 2 radical (unpaired) electrons. The molecule has 0 spiro atoms. The van der Waals surface area contributed by atoms with Gasteiger partial charge in [0, 0.05) is 6.61 Å². The molecule has 1 fully saturated rings. The number of ether oxygens (including phenoxy) is 1. The molecule has 1 atom stereocenters. The number of hydrogen-bond donors (Lipinski definition) is 0. The summed E-state index contributed by atoms with van der Waals surface area (Å²) < 4.78 is 5.30. The first-order valence-corrected chi connectivity index (χ1v) is 3.25. The van der Waals surface area contributed by atoms with Gasteiger partial charge in [0.15, 0.2) is 0 Å². The van der Waals surface area contributed by atoms with E-state index >= 15 is 0 Å². The fraction of sp³-hybridized carbons (Fsp3) is 0.857. The molecule has 0 amide bonds. The lowest BCUT2D eigenvalue weighted by molar-refractivity contribution is 0.0180. The summed E-state index contributed by atoms with van der Waals surface area (Å²) in [5.41, 5.74) is 0. The molecule has 0 aromatic rings. The summed E-state index contributed by atoms with van der Waals surface area (Å²) in [6.07, 6.45) is 4.73. The van der Waals surface area contributed by atoms with Crippen molar-refractivity contribution in [1.82, 2.24) is 0 Å². The van der Waals surface area contributed by atoms with Gasteiger partial charge in [-0.1, -0.05) is 0 Å². The van der Waals surface area contributed by atoms with E-state index in [1.165, 1.54) is 12.8 Å². The van der Waals surface area contributed by atoms with Crippen LogP contribution in [0.1, 0.15) is 25.7 Å². The van der Waals surface area contributed by atoms with E-state index in [0.29, 0.717) is 12.5 Å². The van der Waals surface area contributed by atoms with Crippen LogP contribution in [0.25, 0.3) is 0 Å². The van der Waals surface area contributed by atoms with Gasteiger partial charge in [0.1, 0.15) is 0 Å². The highest BCUT2D eigenvalue weighted by molar-refractivity contribution is 4.63. The summed E-state index contributed by atoms with van der Waals surface area (Å²) in [7, 11) is 0. The van der Waals surface area contributed by atoms with Crippen molar-refractivity contribution in [2.24, 2.45) is 0 Å². The monoisotopic (exact) mass is 112 g/mol. The Morgan fingerprint density at radius 1 is 1.50 bits per heavy atom. The van der Waals surface area contributed by atoms with Crippen LogP contribution < -0.4 is 0 Å². The average Bonchev–Trinajstić information content (AvgIpc) is 1.90. The van der Waals surface area contributed by atoms with Gasteiger partial charge in [0.2, 0.25) is 0 Å². The minimum absolute atomic E-state index is 0.365. The Bertz CT molecular complexity index is 55.4. The summed E-state index contributed by atoms with van der Waals surface area (Å²) in [6.45, 7) is 6.30. The van der Waals surface area contributed by atoms with E-state index in [4.69, 9.17) is 11.7 Å². The molecule has 0 aliphatic carbocycles. The lowest BCUT2D eigenvalue weighted by Crippen LogP contribution is -2.17. The molecule has 1 saturated heterocycles. The first kappa shape index (κ1) is 6.09. The Morgan fingerprint density at radius 2 is 2.38 bits per heavy atom. The third-order valence-electron chi connectivity index (χ3n) is 1.54. The first-order valence-electron chi connectivity index (χ1n) is 3.25. The van der Waals surface area contributed by atoms with Crippen LogP contribution in [0, 0.1) is 6.92 Å². The van der Waals surface area contributed by atoms with Crippen LogP contribution in [0.5, 0.6) is 0 Å². The van der Waals surface area contributed by atoms with Crippen molar-refractivity contribution in [2.75, 3.05) is 6.61 Å². The second kappa shape index (κ2) is 3.08. The van der Waals surface area contributed by atoms with Gasteiger partial charge in [0.05, 0.1) is 6.10 Å². The van der Waals surface area contributed by atoms with Crippen LogP contribution in [0.15, 0.2) is 0 Å². The molecule has 1 aliphatic heterocycles. The van der Waals surface area contributed by atoms with Gasteiger partial charge in [-0.3, -0.25) is 0 Å². The highest BCUT2D eigenvalue weighted by Crippen LogP contribution is 2.14. The number of hydrogen-bond acceptors (Lipinski definition) is 1. The van der Waals surface area contributed by atoms with Crippen LogP contribution in [0.3, 0.4) is 0 Å². The van der Waals surface area contributed by atoms with Crippen LogP contribution >= 0.6 is 0 Å². The Balaban J connectivity index is 2.13. The van der Waals surface area contributed by atoms with Crippen molar-refractivity contribution in [3.05, 3.63) is 6.92 Å². The Labute approximate surface area is 51.0 Å². The van der Waals surface area contributed by atoms with E-state index in [1.54, 1.807) is 0 Å². The van der Waals surface area contributed by atoms with E-state index in [0.717, 1.165) is 13.0 Å². The fourth-order valence-corrected chi connectivity index (χ4v) is 0.993. The summed E-state index contributed by atoms with van der Waals surface area (Å²) in [4.78, 5) is 0. The molecule has 1 heterocycles. The van der Waals surface area contributed by atoms with Crippen molar-refractivity contribution in [3.8, 4) is 0 Å². The van der Waals surface area contributed by atoms with E-state index in [9.17, 15) is 0 Å². The smallest absolute Gasteiger partial charge is 0.0578 e. The highest BCUT2D eigenvalue weighted by Gasteiger charge is 2.09. The topological polar surface area (TPSA) is 9.23 Å². The highest BCUT2D eigenvalue weighted by atomic mass is 16.5. The second-order valence-corrected chi connectivity index (χ2v) is 2.22. The summed E-state index contributed by atoms with van der Waals surface area (Å²) >= 11 is 0. The fourth-order valence-electron chi connectivity index (χ4n) is 0.993. The molecule has 8 heavy (non-hydrogen) atoms. The Kier molecular flexibility index (Phi) is 2.34. The molecule has 0 aromatic carbocycles. The predicted octanol–water partition coefficient (Wildman–Crippen LogP) is 1.66. The zero-order chi connectivity index (χ0) is 5.82. The summed E-state index contributed by atoms with van der Waals surface area (Å²) in [6, 6.07) is 0. The minimum Gasteiger partial charge on any atom is -0.378 e. The predicted molar refractivity (Wildman–Crippen MR) is 32.5 cm³/mol. The Hall–Kier alpha value is -0.0400. The lowest BCUT2D eigenvalue weighted by atomic mass is 10.1. The van der Waals surface area contributed by atoms with Crippen LogP contribution in [0.4, 0.5) is 0 Å². The van der Waals surface area contributed by atoms with Gasteiger partial charge >= 0.3 is 0 Å². The van der Waals surface area contributed by atoms with Gasteiger partial charge < -0.3 is 4.74 Å². The van der Waals surface area contributed by atoms with Crippen molar-refractivity contribution in [3.63, 3.8) is 0 Å². The van der Waals surface area contributed by atoms with E-state index in [2.05, 4.69) is 0 Å². The van der Waals surface area contributed by atoms with Crippen molar-refractivity contribution in [2.45, 2.75) is 31.8 Å². The maximum Gasteiger partial charge on any atom is 0.0578 e. The SMILES string of the molecule is [CH]CC1CCCCO1. The lowest BCUT2D eigenvalue weighted by Gasteiger charge is -2.20. The van der Waals surface area contributed by atoms with Gasteiger partial charge in [-0.05, 0) is 32.6 Å². The molecule has 0 aromatic heterocycles. The molecule has 0 saturated carbocycles. The zero-order valence-corrected chi connectivity index (χ0v) is 5.10. The molecule has 1 aliphatic rings. The molecule has 1 nitrogen and oxygen atoms in total. The molecule has 0 bridgehead atoms. The zero-order valence-electron chi connectivity index (χ0n) is 5.10. The normalized spacial score (nSPS) is 30.4. The summed E-state index contributed by atoms with van der Waals surface area (Å²) in [5, 5.41) is 0. The molecule has 46 valence electrons. The standard InChI is InChI=1S/C7H12O/c1-2-7-5-3-4-6-8-7/h1,7H,2-6H2. The van der Waals surface area contributed by atoms with Crippen LogP contribution in [0.2, 0.25) is 0 Å². The largest absolute Gasteiger partial charge is 0.378 e. The Morgan fingerprint density at radius 3 is 2.75 bits per heavy atom. The van der Waals surface area contributed by atoms with Gasteiger partial charge in [-0.15, -0.1) is 0 Å². The molecular weight excluding hydrogens is 100 g/mol. The molecule has 0 N–H and O–H groups in total. The number of rotatable bonds is 1. The third-order valence-corrected chi connectivity index (χ3v) is 1.54. The van der Waals surface area contributed by atoms with Crippen molar-refractivity contribution < 1.29 is 4.74 Å². The van der Waals surface area contributed by atoms with Crippen LogP contribution in [-0.2, 0) is 4.74 Å². The third kappa shape index (κ3) is 1.48. The van der Waals surface area contributed by atoms with Crippen LogP contribution in [-0.4, -0.2) is 12.7 Å². The van der Waals surface area contributed by atoms with Gasteiger partial charge in [0.25, 0.3) is 0 Å². The quantitative estimate of drug-likeness (QED) is 0.501. The second-order valence-electron chi connectivity index (χ2n) is 2.22. The van der Waals surface area contributed by atoms with Gasteiger partial charge in [-0.25, -0.2) is 0 Å². The van der Waals surface area contributed by atoms with Crippen molar-refractivity contribution in [1.29, 1.82) is 0 Å². The van der Waals surface area contributed by atoms with Crippen molar-refractivity contribution >= 4 is 0 Å². The molecular formula is C7H12O. The van der Waals surface area contributed by atoms with Gasteiger partial charge in [-0.2, -0.15) is 0 Å². The summed E-state index contributed by atoms with van der Waals surface area (Å²) in [5.74, 6) is 0. The molecule has 1 rings (SSSR count). The average molecular weight is 112 g/mol. The minimum atomic E-state index is 0.365. The van der Waals surface area contributed by atoms with E-state index in [1.807, 2.05) is 0 Å². The molecule has 1 heteroatoms.